The molecule has 3 aromatic rings. The summed E-state index contributed by atoms with van der Waals surface area (Å²) in [6, 6.07) is 13.1. The zero-order valence-corrected chi connectivity index (χ0v) is 18.1. The molecule has 2 aromatic carbocycles. The van der Waals surface area contributed by atoms with E-state index in [0.717, 1.165) is 15.8 Å². The molecule has 2 amide bonds. The highest BCUT2D eigenvalue weighted by Crippen LogP contribution is 2.34. The first-order chi connectivity index (χ1) is 13.9. The number of carbonyl (C=O) groups excluding carboxylic acids is 2. The average Bonchev–Trinajstić information content (AvgIpc) is 3.21. The van der Waals surface area contributed by atoms with Crippen LogP contribution < -0.4 is 5.32 Å². The van der Waals surface area contributed by atoms with Crippen molar-refractivity contribution >= 4 is 72.7 Å². The van der Waals surface area contributed by atoms with Gasteiger partial charge in [-0.3, -0.25) is 14.5 Å². The van der Waals surface area contributed by atoms with Gasteiger partial charge in [0.1, 0.15) is 5.25 Å². The van der Waals surface area contributed by atoms with Crippen LogP contribution in [0, 0.1) is 6.92 Å². The number of thiazole rings is 1. The van der Waals surface area contributed by atoms with Crippen molar-refractivity contribution in [2.24, 2.45) is 4.99 Å². The monoisotopic (exact) mass is 444 g/mol. The number of fused-ring (bicyclic) bond motifs is 1. The Morgan fingerprint density at radius 2 is 2.07 bits per heavy atom. The van der Waals surface area contributed by atoms with Crippen LogP contribution in [0.2, 0.25) is 5.02 Å². The summed E-state index contributed by atoms with van der Waals surface area (Å²) < 4.78 is 1.04. The number of anilines is 1. The molecule has 1 N–H and O–H groups in total. The predicted molar refractivity (Wildman–Crippen MR) is 120 cm³/mol. The second-order valence-electron chi connectivity index (χ2n) is 6.53. The molecule has 0 spiro atoms. The third-order valence-electron chi connectivity index (χ3n) is 4.53. The number of nitrogens with zero attached hydrogens (tertiary/aromatic N) is 3. The summed E-state index contributed by atoms with van der Waals surface area (Å²) in [5.41, 5.74) is 2.32. The molecule has 0 radical (unpaired) electrons. The van der Waals surface area contributed by atoms with Gasteiger partial charge in [-0.15, -0.1) is 0 Å². The van der Waals surface area contributed by atoms with E-state index in [1.165, 1.54) is 28.0 Å². The van der Waals surface area contributed by atoms with Crippen molar-refractivity contribution in [3.05, 3.63) is 53.1 Å². The van der Waals surface area contributed by atoms with E-state index in [4.69, 9.17) is 11.6 Å². The van der Waals surface area contributed by atoms with Gasteiger partial charge in [0.2, 0.25) is 16.9 Å². The Kier molecular flexibility index (Phi) is 5.58. The molecule has 1 unspecified atom stereocenters. The Bertz CT molecular complexity index is 1110. The maximum Gasteiger partial charge on any atom is 0.242 e. The number of thioether (sulfide) groups is 1. The van der Waals surface area contributed by atoms with Crippen LogP contribution in [-0.4, -0.2) is 39.2 Å². The highest BCUT2D eigenvalue weighted by molar-refractivity contribution is 8.15. The molecule has 1 aliphatic rings. The molecule has 9 heteroatoms. The van der Waals surface area contributed by atoms with Crippen molar-refractivity contribution in [1.82, 2.24) is 9.88 Å². The highest BCUT2D eigenvalue weighted by Gasteiger charge is 2.37. The lowest BCUT2D eigenvalue weighted by molar-refractivity contribution is -0.127. The van der Waals surface area contributed by atoms with E-state index < -0.39 is 5.25 Å². The van der Waals surface area contributed by atoms with Crippen molar-refractivity contribution in [2.75, 3.05) is 12.4 Å². The smallest absolute Gasteiger partial charge is 0.242 e. The Balaban J connectivity index is 1.47. The fraction of sp³-hybridized carbons (Fsp3) is 0.200. The van der Waals surface area contributed by atoms with Gasteiger partial charge in [-0.25, -0.2) is 4.98 Å². The summed E-state index contributed by atoms with van der Waals surface area (Å²) in [6.45, 7) is 1.84. The molecule has 6 nitrogen and oxygen atoms in total. The molecule has 1 aromatic heterocycles. The summed E-state index contributed by atoms with van der Waals surface area (Å²) in [5, 5.41) is 4.04. The molecule has 1 saturated heterocycles. The molecule has 29 heavy (non-hydrogen) atoms. The van der Waals surface area contributed by atoms with E-state index in [0.29, 0.717) is 21.0 Å². The van der Waals surface area contributed by atoms with E-state index in [2.05, 4.69) is 15.3 Å². The topological polar surface area (TPSA) is 74.7 Å². The van der Waals surface area contributed by atoms with Gasteiger partial charge in [-0.05, 0) is 36.8 Å². The summed E-state index contributed by atoms with van der Waals surface area (Å²) in [5.74, 6) is -0.385. The minimum absolute atomic E-state index is 0.0542. The molecule has 1 atom stereocenters. The third-order valence-corrected chi connectivity index (χ3v) is 7.10. The van der Waals surface area contributed by atoms with Crippen molar-refractivity contribution < 1.29 is 9.59 Å². The maximum absolute atomic E-state index is 12.6. The molecule has 2 heterocycles. The summed E-state index contributed by atoms with van der Waals surface area (Å²) in [6.07, 6.45) is 0.0542. The van der Waals surface area contributed by atoms with Gasteiger partial charge < -0.3 is 5.32 Å². The van der Waals surface area contributed by atoms with Gasteiger partial charge in [0, 0.05) is 24.2 Å². The Morgan fingerprint density at radius 1 is 1.28 bits per heavy atom. The van der Waals surface area contributed by atoms with Crippen LogP contribution in [0.25, 0.3) is 10.2 Å². The Hall–Kier alpha value is -2.42. The van der Waals surface area contributed by atoms with Crippen LogP contribution in [0.3, 0.4) is 0 Å². The number of aliphatic imine (C=N–C) groups is 1. The first-order valence-electron chi connectivity index (χ1n) is 8.86. The van der Waals surface area contributed by atoms with Gasteiger partial charge >= 0.3 is 0 Å². The molecule has 1 fully saturated rings. The standard InChI is InChI=1S/C20H17ClN4O2S2/c1-11-12(21)6-5-8-13(11)22-17(26)10-16-18(27)25(2)20(29-16)24-19-23-14-7-3-4-9-15(14)28-19/h3-9,16H,10H2,1-2H3,(H,22,26)/b24-20+. The van der Waals surface area contributed by atoms with Gasteiger partial charge in [-0.1, -0.05) is 52.9 Å². The van der Waals surface area contributed by atoms with Crippen molar-refractivity contribution in [1.29, 1.82) is 0 Å². The number of benzene rings is 2. The summed E-state index contributed by atoms with van der Waals surface area (Å²) >= 11 is 8.85. The zero-order valence-electron chi connectivity index (χ0n) is 15.7. The molecule has 0 saturated carbocycles. The number of rotatable bonds is 4. The van der Waals surface area contributed by atoms with Crippen LogP contribution in [0.4, 0.5) is 10.8 Å². The van der Waals surface area contributed by atoms with Crippen LogP contribution >= 0.6 is 34.7 Å². The van der Waals surface area contributed by atoms with Crippen LogP contribution in [0.1, 0.15) is 12.0 Å². The second kappa shape index (κ2) is 8.14. The van der Waals surface area contributed by atoms with Crippen LogP contribution in [0.5, 0.6) is 0 Å². The number of nitrogens with one attached hydrogen (secondary N) is 1. The number of hydrogen-bond acceptors (Lipinski definition) is 6. The minimum atomic E-state index is -0.521. The molecule has 0 bridgehead atoms. The molecular weight excluding hydrogens is 428 g/mol. The molecule has 0 aliphatic carbocycles. The fourth-order valence-electron chi connectivity index (χ4n) is 2.90. The quantitative estimate of drug-likeness (QED) is 0.624. The van der Waals surface area contributed by atoms with E-state index in [1.807, 2.05) is 31.2 Å². The maximum atomic E-state index is 12.6. The van der Waals surface area contributed by atoms with E-state index in [9.17, 15) is 9.59 Å². The number of para-hydroxylation sites is 1. The van der Waals surface area contributed by atoms with Crippen molar-refractivity contribution in [3.8, 4) is 0 Å². The van der Waals surface area contributed by atoms with Gasteiger partial charge in [0.15, 0.2) is 5.17 Å². The molecule has 1 aliphatic heterocycles. The number of amides is 2. The molecular formula is C20H17ClN4O2S2. The van der Waals surface area contributed by atoms with Gasteiger partial charge in [0.05, 0.1) is 10.2 Å². The van der Waals surface area contributed by atoms with Crippen LogP contribution in [0.15, 0.2) is 47.5 Å². The largest absolute Gasteiger partial charge is 0.326 e. The Labute approximate surface area is 181 Å². The summed E-state index contributed by atoms with van der Waals surface area (Å²) in [4.78, 5) is 35.6. The lowest BCUT2D eigenvalue weighted by Gasteiger charge is -2.11. The predicted octanol–water partition coefficient (Wildman–Crippen LogP) is 4.85. The van der Waals surface area contributed by atoms with Crippen molar-refractivity contribution in [2.45, 2.75) is 18.6 Å². The molecule has 148 valence electrons. The second-order valence-corrected chi connectivity index (χ2v) is 9.11. The Morgan fingerprint density at radius 3 is 2.86 bits per heavy atom. The normalized spacial score (nSPS) is 18.0. The fourth-order valence-corrected chi connectivity index (χ4v) is 5.10. The number of hydrogen-bond donors (Lipinski definition) is 1. The van der Waals surface area contributed by atoms with E-state index >= 15 is 0 Å². The summed E-state index contributed by atoms with van der Waals surface area (Å²) in [7, 11) is 1.67. The van der Waals surface area contributed by atoms with Crippen LogP contribution in [-0.2, 0) is 9.59 Å². The first kappa shape index (κ1) is 19.9. The lowest BCUT2D eigenvalue weighted by Crippen LogP contribution is -2.30. The van der Waals surface area contributed by atoms with Gasteiger partial charge in [-0.2, -0.15) is 4.99 Å². The van der Waals surface area contributed by atoms with Crippen molar-refractivity contribution in [3.63, 3.8) is 0 Å². The van der Waals surface area contributed by atoms with E-state index in [1.54, 1.807) is 25.2 Å². The third kappa shape index (κ3) is 4.14. The molecule has 4 rings (SSSR count). The SMILES string of the molecule is Cc1c(Cl)cccc1NC(=O)CC1S/C(=N/c2nc3ccccc3s2)N(C)C1=O. The number of carbonyl (C=O) groups is 2. The first-order valence-corrected chi connectivity index (χ1v) is 10.9. The average molecular weight is 445 g/mol. The zero-order chi connectivity index (χ0) is 20.5. The minimum Gasteiger partial charge on any atom is -0.326 e. The van der Waals surface area contributed by atoms with Gasteiger partial charge in [0.25, 0.3) is 0 Å². The number of aromatic nitrogens is 1. The number of halogens is 1. The van der Waals surface area contributed by atoms with E-state index in [-0.39, 0.29) is 18.2 Å². The lowest BCUT2D eigenvalue weighted by atomic mass is 10.2. The number of amidine groups is 1. The highest BCUT2D eigenvalue weighted by atomic mass is 35.5.